The lowest BCUT2D eigenvalue weighted by Crippen LogP contribution is -2.04. The predicted octanol–water partition coefficient (Wildman–Crippen LogP) is 2.79. The van der Waals surface area contributed by atoms with Gasteiger partial charge in [0, 0.05) is 11.6 Å². The number of benzene rings is 1. The molecule has 1 heterocycles. The third-order valence-electron chi connectivity index (χ3n) is 3.50. The second kappa shape index (κ2) is 5.71. The van der Waals surface area contributed by atoms with Gasteiger partial charge >= 0.3 is 0 Å². The fourth-order valence-electron chi connectivity index (χ4n) is 2.44. The summed E-state index contributed by atoms with van der Waals surface area (Å²) in [5.74, 6) is 3.14. The molecule has 0 unspecified atom stereocenters. The van der Waals surface area contributed by atoms with Gasteiger partial charge in [0.2, 0.25) is 0 Å². The van der Waals surface area contributed by atoms with E-state index in [0.29, 0.717) is 0 Å². The van der Waals surface area contributed by atoms with Crippen molar-refractivity contribution in [2.45, 2.75) is 38.5 Å². The Hall–Kier alpha value is -2.08. The van der Waals surface area contributed by atoms with Crippen molar-refractivity contribution in [2.75, 3.05) is 0 Å². The minimum atomic E-state index is 1.01. The van der Waals surface area contributed by atoms with E-state index < -0.39 is 0 Å². The molecule has 0 bridgehead atoms. The molecule has 1 aromatic carbocycles. The van der Waals surface area contributed by atoms with Crippen LogP contribution in [0.3, 0.4) is 0 Å². The third kappa shape index (κ3) is 2.85. The van der Waals surface area contributed by atoms with E-state index in [2.05, 4.69) is 22.3 Å². The maximum Gasteiger partial charge on any atom is 0.0871 e. The Morgan fingerprint density at radius 2 is 1.74 bits per heavy atom. The fraction of sp³-hybridized carbons (Fsp3) is 0.375. The van der Waals surface area contributed by atoms with Crippen LogP contribution in [0.5, 0.6) is 0 Å². The first kappa shape index (κ1) is 12.0. The highest BCUT2D eigenvalue weighted by Gasteiger charge is 2.13. The van der Waals surface area contributed by atoms with Crippen molar-refractivity contribution >= 4 is 0 Å². The molecule has 0 aliphatic heterocycles. The topological polar surface area (TPSA) is 30.7 Å². The molecule has 0 saturated heterocycles. The molecule has 0 amide bonds. The molecule has 1 aliphatic carbocycles. The molecule has 0 N–H and O–H groups in total. The van der Waals surface area contributed by atoms with Crippen molar-refractivity contribution in [3.05, 3.63) is 47.3 Å². The fourth-order valence-corrected chi connectivity index (χ4v) is 2.44. The van der Waals surface area contributed by atoms with Gasteiger partial charge in [-0.2, -0.15) is 4.68 Å². The van der Waals surface area contributed by atoms with Gasteiger partial charge in [-0.1, -0.05) is 36.3 Å². The second-order valence-electron chi connectivity index (χ2n) is 4.91. The zero-order valence-electron chi connectivity index (χ0n) is 11.0. The number of fused-ring (bicyclic) bond motifs is 1. The van der Waals surface area contributed by atoms with Crippen molar-refractivity contribution in [1.82, 2.24) is 15.0 Å². The van der Waals surface area contributed by atoms with Crippen molar-refractivity contribution in [3.8, 4) is 12.0 Å². The molecule has 0 radical (unpaired) electrons. The van der Waals surface area contributed by atoms with Crippen LogP contribution in [-0.2, 0) is 12.8 Å². The maximum atomic E-state index is 4.28. The van der Waals surface area contributed by atoms with Crippen LogP contribution >= 0.6 is 0 Å². The van der Waals surface area contributed by atoms with Crippen molar-refractivity contribution in [3.63, 3.8) is 0 Å². The Morgan fingerprint density at radius 3 is 2.58 bits per heavy atom. The van der Waals surface area contributed by atoms with Crippen LogP contribution in [0, 0.1) is 12.0 Å². The van der Waals surface area contributed by atoms with Gasteiger partial charge < -0.3 is 0 Å². The number of hydrogen-bond acceptors (Lipinski definition) is 2. The maximum absolute atomic E-state index is 4.28. The third-order valence-corrected chi connectivity index (χ3v) is 3.50. The van der Waals surface area contributed by atoms with E-state index in [-0.39, 0.29) is 0 Å². The van der Waals surface area contributed by atoms with E-state index in [1.807, 2.05) is 30.3 Å². The number of nitrogens with zero attached hydrogens (tertiary/aromatic N) is 3. The zero-order valence-corrected chi connectivity index (χ0v) is 11.0. The number of hydrogen-bond donors (Lipinski definition) is 0. The van der Waals surface area contributed by atoms with Gasteiger partial charge in [0.25, 0.3) is 0 Å². The molecule has 96 valence electrons. The summed E-state index contributed by atoms with van der Waals surface area (Å²) in [5.41, 5.74) is 3.36. The minimum absolute atomic E-state index is 1.01. The summed E-state index contributed by atoms with van der Waals surface area (Å²) in [6.45, 7) is 0. The van der Waals surface area contributed by atoms with Gasteiger partial charge in [-0.05, 0) is 43.7 Å². The first-order valence-corrected chi connectivity index (χ1v) is 6.94. The minimum Gasteiger partial charge on any atom is -0.173 e. The highest BCUT2D eigenvalue weighted by molar-refractivity contribution is 5.34. The van der Waals surface area contributed by atoms with Gasteiger partial charge in [0.15, 0.2) is 0 Å². The summed E-state index contributed by atoms with van der Waals surface area (Å²) < 4.78 is 1.77. The molecule has 2 aromatic rings. The Morgan fingerprint density at radius 1 is 0.947 bits per heavy atom. The molecule has 0 atom stereocenters. The molecule has 0 saturated carbocycles. The van der Waals surface area contributed by atoms with Crippen LogP contribution in [0.15, 0.2) is 30.3 Å². The van der Waals surface area contributed by atoms with Gasteiger partial charge in [0.1, 0.15) is 0 Å². The Labute approximate surface area is 113 Å². The molecule has 0 fully saturated rings. The molecule has 0 spiro atoms. The van der Waals surface area contributed by atoms with Crippen LogP contribution in [0.4, 0.5) is 0 Å². The molecule has 3 nitrogen and oxygen atoms in total. The van der Waals surface area contributed by atoms with Crippen LogP contribution in [0.1, 0.15) is 42.6 Å². The van der Waals surface area contributed by atoms with Gasteiger partial charge in [-0.15, -0.1) is 5.10 Å². The van der Waals surface area contributed by atoms with Gasteiger partial charge in [0.05, 0.1) is 11.4 Å². The summed E-state index contributed by atoms with van der Waals surface area (Å²) in [5, 5.41) is 8.47. The molecular formula is C16H17N3. The quantitative estimate of drug-likeness (QED) is 0.674. The predicted molar refractivity (Wildman–Crippen MR) is 74.6 cm³/mol. The lowest BCUT2D eigenvalue weighted by Gasteiger charge is -2.07. The smallest absolute Gasteiger partial charge is 0.0871 e. The highest BCUT2D eigenvalue weighted by Crippen LogP contribution is 2.17. The number of rotatable bonds is 0. The molecular weight excluding hydrogens is 234 g/mol. The van der Waals surface area contributed by atoms with E-state index >= 15 is 0 Å². The van der Waals surface area contributed by atoms with Crippen LogP contribution in [0.2, 0.25) is 0 Å². The Kier molecular flexibility index (Phi) is 3.60. The summed E-state index contributed by atoms with van der Waals surface area (Å²) >= 11 is 0. The second-order valence-corrected chi connectivity index (χ2v) is 4.91. The summed E-state index contributed by atoms with van der Waals surface area (Å²) in [6.07, 6.45) is 7.14. The molecule has 1 aromatic heterocycles. The number of aromatic nitrogens is 3. The van der Waals surface area contributed by atoms with E-state index in [1.54, 1.807) is 4.68 Å². The molecule has 3 rings (SSSR count). The van der Waals surface area contributed by atoms with E-state index in [1.165, 1.54) is 31.4 Å². The first-order chi connectivity index (χ1) is 9.43. The average molecular weight is 251 g/mol. The highest BCUT2D eigenvalue weighted by atomic mass is 15.4. The first-order valence-electron chi connectivity index (χ1n) is 6.94. The SMILES string of the molecule is C(#Cn1nnc2c1CCCCCC2)c1ccccc1. The van der Waals surface area contributed by atoms with Crippen molar-refractivity contribution in [1.29, 1.82) is 0 Å². The Balaban J connectivity index is 1.88. The number of aryl methyl sites for hydroxylation is 1. The molecule has 1 aliphatic rings. The van der Waals surface area contributed by atoms with Crippen molar-refractivity contribution in [2.24, 2.45) is 0 Å². The van der Waals surface area contributed by atoms with Crippen LogP contribution in [0.25, 0.3) is 0 Å². The van der Waals surface area contributed by atoms with E-state index in [4.69, 9.17) is 0 Å². The monoisotopic (exact) mass is 251 g/mol. The van der Waals surface area contributed by atoms with Gasteiger partial charge in [-0.3, -0.25) is 0 Å². The standard InChI is InChI=1S/C16H17N3/c1-2-7-11-16-15(10-6-1)17-18-19(16)13-12-14-8-4-3-5-9-14/h3-5,8-9H,1-2,6-7,10-11H2. The zero-order chi connectivity index (χ0) is 12.9. The van der Waals surface area contributed by atoms with Crippen molar-refractivity contribution < 1.29 is 0 Å². The van der Waals surface area contributed by atoms with E-state index in [9.17, 15) is 0 Å². The van der Waals surface area contributed by atoms with Gasteiger partial charge in [-0.25, -0.2) is 0 Å². The summed E-state index contributed by atoms with van der Waals surface area (Å²) in [6, 6.07) is 13.1. The lowest BCUT2D eigenvalue weighted by molar-refractivity contribution is 0.603. The largest absolute Gasteiger partial charge is 0.173 e. The summed E-state index contributed by atoms with van der Waals surface area (Å²) in [7, 11) is 0. The summed E-state index contributed by atoms with van der Waals surface area (Å²) in [4.78, 5) is 0. The molecule has 3 heteroatoms. The van der Waals surface area contributed by atoms with Crippen LogP contribution < -0.4 is 0 Å². The van der Waals surface area contributed by atoms with E-state index in [0.717, 1.165) is 24.1 Å². The lowest BCUT2D eigenvalue weighted by atomic mass is 10.0. The van der Waals surface area contributed by atoms with Crippen LogP contribution in [-0.4, -0.2) is 15.0 Å². The molecule has 19 heavy (non-hydrogen) atoms. The Bertz CT molecular complexity index is 602. The average Bonchev–Trinajstić information content (AvgIpc) is 2.79. The normalized spacial score (nSPS) is 14.7.